The Bertz CT molecular complexity index is 522. The summed E-state index contributed by atoms with van der Waals surface area (Å²) in [5, 5.41) is 8.97. The van der Waals surface area contributed by atoms with Gasteiger partial charge in [0.05, 0.1) is 0 Å². The zero-order valence-corrected chi connectivity index (χ0v) is 12.2. The Labute approximate surface area is 121 Å². The molecule has 1 saturated heterocycles. The number of rotatable bonds is 4. The first-order chi connectivity index (χ1) is 9.85. The lowest BCUT2D eigenvalue weighted by Gasteiger charge is -2.30. The van der Waals surface area contributed by atoms with E-state index >= 15 is 0 Å². The van der Waals surface area contributed by atoms with Crippen molar-refractivity contribution in [2.45, 2.75) is 32.3 Å². The Morgan fingerprint density at radius 3 is 2.65 bits per heavy atom. The lowest BCUT2D eigenvalue weighted by molar-refractivity contribution is 0.156. The molecule has 1 aliphatic heterocycles. The lowest BCUT2D eigenvalue weighted by Crippen LogP contribution is -2.38. The summed E-state index contributed by atoms with van der Waals surface area (Å²) in [6, 6.07) is 0.483. The number of piperidine rings is 1. The SMILES string of the molecule is CCc1cnc(OC2CCN(c3nncs3)CC2)nc1. The predicted molar refractivity (Wildman–Crippen MR) is 77.2 cm³/mol. The zero-order chi connectivity index (χ0) is 13.8. The second-order valence-electron chi connectivity index (χ2n) is 4.75. The lowest BCUT2D eigenvalue weighted by atomic mass is 10.1. The van der Waals surface area contributed by atoms with Gasteiger partial charge in [0.1, 0.15) is 11.6 Å². The van der Waals surface area contributed by atoms with Crippen LogP contribution < -0.4 is 9.64 Å². The van der Waals surface area contributed by atoms with Crippen LogP contribution in [-0.4, -0.2) is 39.4 Å². The maximum atomic E-state index is 5.84. The summed E-state index contributed by atoms with van der Waals surface area (Å²) in [4.78, 5) is 10.7. The molecule has 2 aromatic heterocycles. The van der Waals surface area contributed by atoms with Crippen LogP contribution in [0.25, 0.3) is 0 Å². The molecular weight excluding hydrogens is 274 g/mol. The molecule has 6 nitrogen and oxygen atoms in total. The van der Waals surface area contributed by atoms with Crippen molar-refractivity contribution in [3.05, 3.63) is 23.5 Å². The Balaban J connectivity index is 1.53. The molecule has 3 heterocycles. The summed E-state index contributed by atoms with van der Waals surface area (Å²) >= 11 is 1.58. The molecule has 1 fully saturated rings. The number of aryl methyl sites for hydroxylation is 1. The molecule has 0 aromatic carbocycles. The van der Waals surface area contributed by atoms with E-state index in [9.17, 15) is 0 Å². The molecule has 0 aliphatic carbocycles. The van der Waals surface area contributed by atoms with Gasteiger partial charge in [-0.15, -0.1) is 10.2 Å². The molecule has 0 atom stereocenters. The molecule has 1 aliphatic rings. The average Bonchev–Trinajstić information content (AvgIpc) is 3.03. The number of anilines is 1. The third kappa shape index (κ3) is 3.04. The van der Waals surface area contributed by atoms with Crippen LogP contribution >= 0.6 is 11.3 Å². The summed E-state index contributed by atoms with van der Waals surface area (Å²) in [6.07, 6.45) is 6.71. The fourth-order valence-corrected chi connectivity index (χ4v) is 2.82. The van der Waals surface area contributed by atoms with Gasteiger partial charge in [0.25, 0.3) is 0 Å². The molecular formula is C13H17N5OS. The van der Waals surface area contributed by atoms with Crippen LogP contribution in [-0.2, 0) is 6.42 Å². The molecule has 0 radical (unpaired) electrons. The fraction of sp³-hybridized carbons (Fsp3) is 0.538. The molecule has 7 heteroatoms. The first-order valence-corrected chi connectivity index (χ1v) is 7.72. The Morgan fingerprint density at radius 2 is 2.05 bits per heavy atom. The third-order valence-electron chi connectivity index (χ3n) is 3.42. The zero-order valence-electron chi connectivity index (χ0n) is 11.4. The van der Waals surface area contributed by atoms with Crippen LogP contribution in [0.5, 0.6) is 6.01 Å². The largest absolute Gasteiger partial charge is 0.460 e. The van der Waals surface area contributed by atoms with E-state index in [1.807, 2.05) is 12.4 Å². The highest BCUT2D eigenvalue weighted by Gasteiger charge is 2.22. The first kappa shape index (κ1) is 13.2. The maximum absolute atomic E-state index is 5.84. The van der Waals surface area contributed by atoms with Gasteiger partial charge in [0.2, 0.25) is 5.13 Å². The second-order valence-corrected chi connectivity index (χ2v) is 5.56. The fourth-order valence-electron chi connectivity index (χ4n) is 2.21. The van der Waals surface area contributed by atoms with Gasteiger partial charge in [0, 0.05) is 38.3 Å². The van der Waals surface area contributed by atoms with Crippen LogP contribution in [0.15, 0.2) is 17.9 Å². The van der Waals surface area contributed by atoms with Gasteiger partial charge >= 0.3 is 6.01 Å². The monoisotopic (exact) mass is 291 g/mol. The highest BCUT2D eigenvalue weighted by atomic mass is 32.1. The highest BCUT2D eigenvalue weighted by Crippen LogP contribution is 2.22. The minimum atomic E-state index is 0.187. The van der Waals surface area contributed by atoms with E-state index in [-0.39, 0.29) is 6.10 Å². The summed E-state index contributed by atoms with van der Waals surface area (Å²) in [6.45, 7) is 3.96. The predicted octanol–water partition coefficient (Wildman–Crippen LogP) is 1.94. The average molecular weight is 291 g/mol. The van der Waals surface area contributed by atoms with Gasteiger partial charge in [-0.3, -0.25) is 0 Å². The molecule has 0 bridgehead atoms. The molecule has 0 amide bonds. The normalized spacial score (nSPS) is 16.4. The van der Waals surface area contributed by atoms with Crippen molar-refractivity contribution >= 4 is 16.5 Å². The van der Waals surface area contributed by atoms with Crippen LogP contribution in [0.3, 0.4) is 0 Å². The number of ether oxygens (including phenoxy) is 1. The van der Waals surface area contributed by atoms with E-state index in [1.54, 1.807) is 16.8 Å². The molecule has 0 saturated carbocycles. The Hall–Kier alpha value is -1.76. The van der Waals surface area contributed by atoms with Crippen LogP contribution in [0, 0.1) is 0 Å². The summed E-state index contributed by atoms with van der Waals surface area (Å²) < 4.78 is 5.84. The van der Waals surface area contributed by atoms with Crippen molar-refractivity contribution in [2.24, 2.45) is 0 Å². The molecule has 0 N–H and O–H groups in total. The molecule has 106 valence electrons. The van der Waals surface area contributed by atoms with Gasteiger partial charge in [-0.1, -0.05) is 18.3 Å². The van der Waals surface area contributed by atoms with Gasteiger partial charge in [-0.25, -0.2) is 9.97 Å². The summed E-state index contributed by atoms with van der Waals surface area (Å²) in [5.41, 5.74) is 2.89. The number of hydrogen-bond acceptors (Lipinski definition) is 7. The minimum absolute atomic E-state index is 0.187. The van der Waals surface area contributed by atoms with E-state index in [0.29, 0.717) is 6.01 Å². The van der Waals surface area contributed by atoms with E-state index in [0.717, 1.165) is 43.0 Å². The van der Waals surface area contributed by atoms with Gasteiger partial charge in [0.15, 0.2) is 0 Å². The van der Waals surface area contributed by atoms with E-state index in [4.69, 9.17) is 4.74 Å². The van der Waals surface area contributed by atoms with Crippen LogP contribution in [0.2, 0.25) is 0 Å². The quantitative estimate of drug-likeness (QED) is 0.858. The van der Waals surface area contributed by atoms with Crippen LogP contribution in [0.1, 0.15) is 25.3 Å². The third-order valence-corrected chi connectivity index (χ3v) is 4.17. The topological polar surface area (TPSA) is 64.0 Å². The van der Waals surface area contributed by atoms with Crippen molar-refractivity contribution in [1.82, 2.24) is 20.2 Å². The molecule has 20 heavy (non-hydrogen) atoms. The van der Waals surface area contributed by atoms with Crippen molar-refractivity contribution in [3.8, 4) is 6.01 Å². The Kier molecular flexibility index (Phi) is 4.05. The minimum Gasteiger partial charge on any atom is -0.460 e. The number of hydrogen-bond donors (Lipinski definition) is 0. The van der Waals surface area contributed by atoms with Gasteiger partial charge < -0.3 is 9.64 Å². The maximum Gasteiger partial charge on any atom is 0.316 e. The second kappa shape index (κ2) is 6.13. The molecule has 3 rings (SSSR count). The molecule has 2 aromatic rings. The summed E-state index contributed by atoms with van der Waals surface area (Å²) in [7, 11) is 0. The van der Waals surface area contributed by atoms with E-state index in [1.165, 1.54) is 0 Å². The number of aromatic nitrogens is 4. The van der Waals surface area contributed by atoms with Gasteiger partial charge in [-0.2, -0.15) is 0 Å². The smallest absolute Gasteiger partial charge is 0.316 e. The number of nitrogens with zero attached hydrogens (tertiary/aromatic N) is 5. The van der Waals surface area contributed by atoms with Crippen molar-refractivity contribution < 1.29 is 4.74 Å². The van der Waals surface area contributed by atoms with Gasteiger partial charge in [-0.05, 0) is 12.0 Å². The highest BCUT2D eigenvalue weighted by molar-refractivity contribution is 7.13. The van der Waals surface area contributed by atoms with E-state index < -0.39 is 0 Å². The molecule has 0 unspecified atom stereocenters. The van der Waals surface area contributed by atoms with Crippen LogP contribution in [0.4, 0.5) is 5.13 Å². The summed E-state index contributed by atoms with van der Waals surface area (Å²) in [5.74, 6) is 0. The first-order valence-electron chi connectivity index (χ1n) is 6.84. The standard InChI is InChI=1S/C13H17N5OS/c1-2-10-7-14-12(15-8-10)19-11-3-5-18(6-4-11)13-17-16-9-20-13/h7-9,11H,2-6H2,1H3. The molecule has 0 spiro atoms. The van der Waals surface area contributed by atoms with Crippen molar-refractivity contribution in [3.63, 3.8) is 0 Å². The van der Waals surface area contributed by atoms with E-state index in [2.05, 4.69) is 32.0 Å². The van der Waals surface area contributed by atoms with Crippen molar-refractivity contribution in [2.75, 3.05) is 18.0 Å². The Morgan fingerprint density at radius 1 is 1.30 bits per heavy atom. The van der Waals surface area contributed by atoms with Crippen molar-refractivity contribution in [1.29, 1.82) is 0 Å².